The first-order valence-corrected chi connectivity index (χ1v) is 21.4. The molecule has 4 aromatic rings. The van der Waals surface area contributed by atoms with Crippen LogP contribution in [0, 0.1) is 10.1 Å². The summed E-state index contributed by atoms with van der Waals surface area (Å²) >= 11 is 5.80. The van der Waals surface area contributed by atoms with E-state index in [0.717, 1.165) is 30.3 Å². The normalized spacial score (nSPS) is 12.5. The molecule has 0 radical (unpaired) electrons. The van der Waals surface area contributed by atoms with Crippen LogP contribution in [0.5, 0.6) is 29.0 Å². The SMILES string of the molecule is CCOc1cc(Oc2ccc(C(F)(F)F)cc2Cl)ccc1[N+](=O)[O-].CP(=O)(O)CCC(N)C(=O)O.O=C(Nc1nc(OC(F)F)cc(OC(F)F)n1)NS(=O)(=O)c1ccccc1C(=O)O. The third kappa shape index (κ3) is 19.0. The van der Waals surface area contributed by atoms with Crippen molar-refractivity contribution in [3.8, 4) is 29.0 Å². The zero-order valence-corrected chi connectivity index (χ0v) is 35.2. The number of nitrogens with one attached hydrogen (secondary N) is 2. The monoisotopic (exact) mass is 996 g/mol. The number of aromatic carboxylic acids is 1. The molecular weight excluding hydrogens is 964 g/mol. The number of aliphatic carboxylic acids is 1. The van der Waals surface area contributed by atoms with Crippen LogP contribution >= 0.6 is 19.0 Å². The largest absolute Gasteiger partial charge is 0.487 e. The van der Waals surface area contributed by atoms with E-state index in [1.807, 2.05) is 0 Å². The van der Waals surface area contributed by atoms with Crippen LogP contribution in [0.2, 0.25) is 5.02 Å². The summed E-state index contributed by atoms with van der Waals surface area (Å²) in [7, 11) is -7.82. The molecule has 0 aliphatic heterocycles. The van der Waals surface area contributed by atoms with Crippen LogP contribution in [0.25, 0.3) is 0 Å². The van der Waals surface area contributed by atoms with E-state index in [1.54, 1.807) is 12.2 Å². The number of benzene rings is 3. The number of rotatable bonds is 17. The van der Waals surface area contributed by atoms with Crippen molar-refractivity contribution in [3.63, 3.8) is 0 Å². The smallest absolute Gasteiger partial charge is 0.416 e. The van der Waals surface area contributed by atoms with Crippen molar-refractivity contribution in [3.05, 3.63) is 93.0 Å². The maximum Gasteiger partial charge on any atom is 0.416 e. The molecule has 356 valence electrons. The van der Waals surface area contributed by atoms with Gasteiger partial charge in [0.1, 0.15) is 22.4 Å². The Bertz CT molecular complexity index is 2460. The summed E-state index contributed by atoms with van der Waals surface area (Å²) < 4.78 is 142. The van der Waals surface area contributed by atoms with Crippen LogP contribution < -0.4 is 34.7 Å². The van der Waals surface area contributed by atoms with Gasteiger partial charge in [0.05, 0.1) is 33.7 Å². The minimum Gasteiger partial charge on any atom is -0.487 e. The topological polar surface area (TPSA) is 319 Å². The molecule has 21 nitrogen and oxygen atoms in total. The number of nitro benzene ring substituents is 1. The van der Waals surface area contributed by atoms with Gasteiger partial charge in [-0.1, -0.05) is 23.7 Å². The number of nitrogens with two attached hydrogens (primary N) is 1. The average molecular weight is 997 g/mol. The lowest BCUT2D eigenvalue weighted by atomic mass is 10.2. The molecule has 2 atom stereocenters. The average Bonchev–Trinajstić information content (AvgIpc) is 3.16. The molecule has 7 N–H and O–H groups in total. The van der Waals surface area contributed by atoms with Gasteiger partial charge < -0.3 is 39.8 Å². The summed E-state index contributed by atoms with van der Waals surface area (Å²) in [5, 5.41) is 29.7. The van der Waals surface area contributed by atoms with Crippen molar-refractivity contribution in [2.24, 2.45) is 5.73 Å². The maximum atomic E-state index is 12.6. The molecular formula is C34H33ClF7N6O15PS. The summed E-state index contributed by atoms with van der Waals surface area (Å²) in [6, 6.07) is 8.59. The number of nitrogens with zero attached hydrogens (tertiary/aromatic N) is 3. The third-order valence-electron chi connectivity index (χ3n) is 7.05. The predicted molar refractivity (Wildman–Crippen MR) is 210 cm³/mol. The molecule has 0 aliphatic carbocycles. The lowest BCUT2D eigenvalue weighted by molar-refractivity contribution is -0.385. The quantitative estimate of drug-likeness (QED) is 0.0267. The molecule has 0 saturated heterocycles. The highest BCUT2D eigenvalue weighted by Gasteiger charge is 2.31. The van der Waals surface area contributed by atoms with E-state index in [2.05, 4.69) is 19.4 Å². The molecule has 65 heavy (non-hydrogen) atoms. The molecule has 2 amide bonds. The second-order valence-corrected chi connectivity index (χ2v) is 16.7. The Hall–Kier alpha value is -6.55. The molecule has 1 aromatic heterocycles. The number of hydrogen-bond donors (Lipinski definition) is 6. The first-order chi connectivity index (χ1) is 30.0. The fourth-order valence-electron chi connectivity index (χ4n) is 4.31. The number of ether oxygens (including phenoxy) is 4. The summed E-state index contributed by atoms with van der Waals surface area (Å²) in [4.78, 5) is 58.0. The summed E-state index contributed by atoms with van der Waals surface area (Å²) in [6.45, 7) is -3.78. The maximum absolute atomic E-state index is 12.6. The van der Waals surface area contributed by atoms with Crippen molar-refractivity contribution in [2.75, 3.05) is 24.8 Å². The molecule has 3 aromatic carbocycles. The number of alkyl halides is 7. The number of aromatic nitrogens is 2. The van der Waals surface area contributed by atoms with Gasteiger partial charge in [0.2, 0.25) is 23.5 Å². The van der Waals surface area contributed by atoms with E-state index >= 15 is 0 Å². The predicted octanol–water partition coefficient (Wildman–Crippen LogP) is 7.03. The number of anilines is 1. The van der Waals surface area contributed by atoms with Crippen LogP contribution in [0.4, 0.5) is 47.2 Å². The van der Waals surface area contributed by atoms with Gasteiger partial charge in [-0.05, 0) is 49.7 Å². The Balaban J connectivity index is 0.000000370. The molecule has 0 aliphatic rings. The van der Waals surface area contributed by atoms with Gasteiger partial charge in [-0.25, -0.2) is 22.7 Å². The number of urea groups is 1. The van der Waals surface area contributed by atoms with Gasteiger partial charge in [0.25, 0.3) is 10.0 Å². The number of carboxylic acid groups (broad SMARTS) is 2. The number of halogens is 8. The number of amides is 2. The number of hydrogen-bond acceptors (Lipinski definition) is 15. The van der Waals surface area contributed by atoms with Gasteiger partial charge in [0, 0.05) is 25.0 Å². The van der Waals surface area contributed by atoms with E-state index in [9.17, 15) is 68.2 Å². The molecule has 0 bridgehead atoms. The lowest BCUT2D eigenvalue weighted by Crippen LogP contribution is -2.35. The summed E-state index contributed by atoms with van der Waals surface area (Å²) in [6.07, 6.45) is -4.52. The second-order valence-electron chi connectivity index (χ2n) is 12.1. The highest BCUT2D eigenvalue weighted by Crippen LogP contribution is 2.39. The summed E-state index contributed by atoms with van der Waals surface area (Å²) in [5.74, 6) is -5.48. The number of carbonyl (C=O) groups is 3. The molecule has 2 unspecified atom stereocenters. The fourth-order valence-corrected chi connectivity index (χ4v) is 6.40. The highest BCUT2D eigenvalue weighted by molar-refractivity contribution is 7.90. The first kappa shape index (κ1) is 54.6. The highest BCUT2D eigenvalue weighted by atomic mass is 35.5. The molecule has 4 rings (SSSR count). The van der Waals surface area contributed by atoms with E-state index in [4.69, 9.17) is 41.9 Å². The Morgan fingerprint density at radius 1 is 0.954 bits per heavy atom. The Labute approximate surface area is 365 Å². The molecule has 0 fully saturated rings. The summed E-state index contributed by atoms with van der Waals surface area (Å²) in [5.41, 5.74) is 3.30. The van der Waals surface area contributed by atoms with Crippen molar-refractivity contribution in [1.82, 2.24) is 14.7 Å². The van der Waals surface area contributed by atoms with Gasteiger partial charge in [-0.15, -0.1) is 0 Å². The number of nitro groups is 1. The van der Waals surface area contributed by atoms with Crippen LogP contribution in [-0.4, -0.2) is 95.1 Å². The standard InChI is InChI=1S/C15H11ClF3NO4.C14H10F4N4O7S.C5H12NO4P/c1-2-23-14-8-10(4-5-12(14)20(21)22)24-13-6-3-9(7-11(13)16)15(17,18)19;15-11(16)28-8-5-9(29-12(17)18)20-13(19-8)21-14(25)22-30(26,27)7-4-2-1-3-6(7)10(23)24;1-11(9,10)3-2-4(6)5(7)8/h3-8H,2H2,1H3;1-5,11-12H,(H,23,24)(H2,19,20,21,22,25);4H,2-3,6H2,1H3,(H,7,8)(H,9,10). The van der Waals surface area contributed by atoms with E-state index in [-0.39, 0.29) is 47.1 Å². The molecule has 1 heterocycles. The van der Waals surface area contributed by atoms with Crippen LogP contribution in [0.3, 0.4) is 0 Å². The van der Waals surface area contributed by atoms with Crippen molar-refractivity contribution < 1.29 is 97.1 Å². The zero-order valence-electron chi connectivity index (χ0n) is 32.7. The number of sulfonamides is 1. The minimum atomic E-state index is -4.71. The van der Waals surface area contributed by atoms with Crippen molar-refractivity contribution in [2.45, 2.75) is 43.7 Å². The van der Waals surface area contributed by atoms with Crippen molar-refractivity contribution >= 4 is 58.6 Å². The van der Waals surface area contributed by atoms with Gasteiger partial charge in [0.15, 0.2) is 7.37 Å². The number of carboxylic acids is 2. The van der Waals surface area contributed by atoms with Crippen LogP contribution in [-0.2, 0) is 25.6 Å². The van der Waals surface area contributed by atoms with Gasteiger partial charge >= 0.3 is 43.1 Å². The van der Waals surface area contributed by atoms with Gasteiger partial charge in [-0.2, -0.15) is 40.7 Å². The van der Waals surface area contributed by atoms with Gasteiger partial charge in [-0.3, -0.25) is 24.8 Å². The zero-order chi connectivity index (χ0) is 49.4. The van der Waals surface area contributed by atoms with Crippen LogP contribution in [0.15, 0.2) is 71.6 Å². The molecule has 0 saturated carbocycles. The first-order valence-electron chi connectivity index (χ1n) is 17.2. The molecule has 0 spiro atoms. The Kier molecular flexibility index (Phi) is 20.1. The number of carbonyl (C=O) groups excluding carboxylic acids is 1. The van der Waals surface area contributed by atoms with Crippen molar-refractivity contribution in [1.29, 1.82) is 0 Å². The second kappa shape index (κ2) is 23.9. The molecule has 31 heteroatoms. The van der Waals surface area contributed by atoms with E-state index in [1.165, 1.54) is 41.7 Å². The lowest BCUT2D eigenvalue weighted by Gasteiger charge is -2.12. The van der Waals surface area contributed by atoms with Crippen LogP contribution in [0.1, 0.15) is 29.3 Å². The van der Waals surface area contributed by atoms with E-state index in [0.29, 0.717) is 6.07 Å². The fraction of sp³-hybridized carbons (Fsp3) is 0.265. The minimum absolute atomic E-state index is 0.0111. The Morgan fingerprint density at radius 3 is 2.02 bits per heavy atom. The Morgan fingerprint density at radius 2 is 1.54 bits per heavy atom. The van der Waals surface area contributed by atoms with E-state index < -0.39 is 99.5 Å². The third-order valence-corrected chi connectivity index (χ3v) is 9.82.